The summed E-state index contributed by atoms with van der Waals surface area (Å²) in [5.74, 6) is 0.854. The Hall–Kier alpha value is -1.71. The maximum absolute atomic E-state index is 11.0. The van der Waals surface area contributed by atoms with E-state index in [1.54, 1.807) is 12.1 Å². The molecular formula is C13H17NO3. The number of carbonyl (C=O) groups is 1. The number of ether oxygens (including phenoxy) is 2. The molecule has 0 radical (unpaired) electrons. The van der Waals surface area contributed by atoms with Crippen molar-refractivity contribution >= 4 is 11.8 Å². The van der Waals surface area contributed by atoms with E-state index in [9.17, 15) is 4.79 Å². The van der Waals surface area contributed by atoms with E-state index in [1.165, 1.54) is 20.0 Å². The van der Waals surface area contributed by atoms with Crippen molar-refractivity contribution in [3.63, 3.8) is 0 Å². The Morgan fingerprint density at radius 1 is 1.24 bits per heavy atom. The van der Waals surface area contributed by atoms with Crippen LogP contribution < -0.4 is 10.1 Å². The maximum Gasteiger partial charge on any atom is 0.411 e. The van der Waals surface area contributed by atoms with Gasteiger partial charge in [-0.1, -0.05) is 0 Å². The number of hydrogen-bond acceptors (Lipinski definition) is 3. The van der Waals surface area contributed by atoms with Crippen LogP contribution in [0.5, 0.6) is 5.75 Å². The highest BCUT2D eigenvalue weighted by molar-refractivity contribution is 5.84. The minimum absolute atomic E-state index is 0.356. The van der Waals surface area contributed by atoms with Crippen molar-refractivity contribution in [1.82, 2.24) is 0 Å². The highest BCUT2D eigenvalue weighted by Gasteiger charge is 2.16. The number of rotatable bonds is 3. The molecule has 0 heterocycles. The molecular weight excluding hydrogens is 218 g/mol. The smallest absolute Gasteiger partial charge is 0.411 e. The van der Waals surface area contributed by atoms with E-state index in [1.807, 2.05) is 12.1 Å². The predicted molar refractivity (Wildman–Crippen MR) is 65.4 cm³/mol. The first kappa shape index (κ1) is 11.8. The van der Waals surface area contributed by atoms with E-state index < -0.39 is 6.09 Å². The lowest BCUT2D eigenvalue weighted by Crippen LogP contribution is -2.12. The van der Waals surface area contributed by atoms with Crippen molar-refractivity contribution in [2.45, 2.75) is 31.8 Å². The van der Waals surface area contributed by atoms with Gasteiger partial charge in [-0.3, -0.25) is 5.32 Å². The minimum Gasteiger partial charge on any atom is -0.490 e. The summed E-state index contributed by atoms with van der Waals surface area (Å²) in [5.41, 5.74) is 0.704. The van der Waals surface area contributed by atoms with Crippen LogP contribution in [-0.2, 0) is 4.74 Å². The number of hydrogen-bond donors (Lipinski definition) is 1. The van der Waals surface area contributed by atoms with E-state index in [0.29, 0.717) is 11.8 Å². The molecule has 1 aromatic rings. The van der Waals surface area contributed by atoms with Gasteiger partial charge in [-0.25, -0.2) is 4.79 Å². The van der Waals surface area contributed by atoms with Gasteiger partial charge in [-0.15, -0.1) is 0 Å². The molecule has 1 aliphatic carbocycles. The lowest BCUT2D eigenvalue weighted by molar-refractivity contribution is 0.187. The summed E-state index contributed by atoms with van der Waals surface area (Å²) in [5, 5.41) is 2.60. The van der Waals surface area contributed by atoms with Crippen molar-refractivity contribution in [1.29, 1.82) is 0 Å². The first-order chi connectivity index (χ1) is 8.28. The fraction of sp³-hybridized carbons (Fsp3) is 0.462. The lowest BCUT2D eigenvalue weighted by atomic mass is 10.3. The summed E-state index contributed by atoms with van der Waals surface area (Å²) in [6, 6.07) is 7.34. The second-order valence-corrected chi connectivity index (χ2v) is 4.17. The fourth-order valence-corrected chi connectivity index (χ4v) is 1.98. The van der Waals surface area contributed by atoms with Gasteiger partial charge in [0.25, 0.3) is 0 Å². The first-order valence-electron chi connectivity index (χ1n) is 5.89. The molecule has 0 saturated heterocycles. The Balaban J connectivity index is 1.90. The van der Waals surface area contributed by atoms with Crippen LogP contribution in [-0.4, -0.2) is 19.3 Å². The molecule has 0 unspecified atom stereocenters. The van der Waals surface area contributed by atoms with Crippen LogP contribution in [0.3, 0.4) is 0 Å². The molecule has 2 rings (SSSR count). The highest BCUT2D eigenvalue weighted by Crippen LogP contribution is 2.24. The SMILES string of the molecule is COC(=O)Nc1ccc(OC2CCCC2)cc1. The molecule has 1 N–H and O–H groups in total. The molecule has 0 bridgehead atoms. The molecule has 0 spiro atoms. The summed E-state index contributed by atoms with van der Waals surface area (Å²) in [7, 11) is 1.34. The number of nitrogens with one attached hydrogen (secondary N) is 1. The molecule has 1 saturated carbocycles. The fourth-order valence-electron chi connectivity index (χ4n) is 1.98. The van der Waals surface area contributed by atoms with Gasteiger partial charge >= 0.3 is 6.09 Å². The molecule has 4 heteroatoms. The Morgan fingerprint density at radius 2 is 1.88 bits per heavy atom. The summed E-state index contributed by atoms with van der Waals surface area (Å²) in [4.78, 5) is 11.0. The van der Waals surface area contributed by atoms with Gasteiger partial charge in [-0.05, 0) is 49.9 Å². The van der Waals surface area contributed by atoms with Crippen molar-refractivity contribution in [2.75, 3.05) is 12.4 Å². The molecule has 0 atom stereocenters. The summed E-state index contributed by atoms with van der Waals surface area (Å²) in [6.45, 7) is 0. The standard InChI is InChI=1S/C13H17NO3/c1-16-13(15)14-10-6-8-12(9-7-10)17-11-4-2-3-5-11/h6-9,11H,2-5H2,1H3,(H,14,15). The van der Waals surface area contributed by atoms with Gasteiger partial charge in [0, 0.05) is 5.69 Å². The second-order valence-electron chi connectivity index (χ2n) is 4.17. The molecule has 1 amide bonds. The Bertz CT molecular complexity index is 369. The van der Waals surface area contributed by atoms with E-state index in [4.69, 9.17) is 4.74 Å². The Morgan fingerprint density at radius 3 is 2.47 bits per heavy atom. The molecule has 1 aliphatic rings. The molecule has 0 aromatic heterocycles. The zero-order valence-corrected chi connectivity index (χ0v) is 9.94. The van der Waals surface area contributed by atoms with Gasteiger partial charge in [0.05, 0.1) is 13.2 Å². The molecule has 4 nitrogen and oxygen atoms in total. The monoisotopic (exact) mass is 235 g/mol. The van der Waals surface area contributed by atoms with Crippen molar-refractivity contribution in [2.24, 2.45) is 0 Å². The van der Waals surface area contributed by atoms with Gasteiger partial charge in [0.2, 0.25) is 0 Å². The van der Waals surface area contributed by atoms with E-state index in [0.717, 1.165) is 18.6 Å². The number of amides is 1. The average Bonchev–Trinajstić information content (AvgIpc) is 2.84. The van der Waals surface area contributed by atoms with Crippen molar-refractivity contribution in [3.8, 4) is 5.75 Å². The topological polar surface area (TPSA) is 47.6 Å². The van der Waals surface area contributed by atoms with Crippen LogP contribution in [0.25, 0.3) is 0 Å². The largest absolute Gasteiger partial charge is 0.490 e. The van der Waals surface area contributed by atoms with Gasteiger partial charge in [0.1, 0.15) is 5.75 Å². The van der Waals surface area contributed by atoms with Gasteiger partial charge < -0.3 is 9.47 Å². The molecule has 0 aliphatic heterocycles. The zero-order chi connectivity index (χ0) is 12.1. The van der Waals surface area contributed by atoms with Crippen molar-refractivity contribution in [3.05, 3.63) is 24.3 Å². The van der Waals surface area contributed by atoms with Crippen LogP contribution in [0.15, 0.2) is 24.3 Å². The number of anilines is 1. The van der Waals surface area contributed by atoms with Crippen LogP contribution in [0.2, 0.25) is 0 Å². The van der Waals surface area contributed by atoms with E-state index in [-0.39, 0.29) is 0 Å². The third-order valence-electron chi connectivity index (χ3n) is 2.89. The third-order valence-corrected chi connectivity index (χ3v) is 2.89. The highest BCUT2D eigenvalue weighted by atomic mass is 16.5. The Labute approximate surface area is 101 Å². The van der Waals surface area contributed by atoms with Crippen LogP contribution in [0.4, 0.5) is 10.5 Å². The Kier molecular flexibility index (Phi) is 3.85. The summed E-state index contributed by atoms with van der Waals surface area (Å²) in [6.07, 6.45) is 4.69. The minimum atomic E-state index is -0.463. The van der Waals surface area contributed by atoms with Crippen LogP contribution >= 0.6 is 0 Å². The first-order valence-corrected chi connectivity index (χ1v) is 5.89. The van der Waals surface area contributed by atoms with Gasteiger partial charge in [0.15, 0.2) is 0 Å². The molecule has 1 fully saturated rings. The van der Waals surface area contributed by atoms with Crippen molar-refractivity contribution < 1.29 is 14.3 Å². The predicted octanol–water partition coefficient (Wildman–Crippen LogP) is 3.19. The van der Waals surface area contributed by atoms with E-state index >= 15 is 0 Å². The average molecular weight is 235 g/mol. The van der Waals surface area contributed by atoms with Crippen LogP contribution in [0.1, 0.15) is 25.7 Å². The molecule has 17 heavy (non-hydrogen) atoms. The summed E-state index contributed by atoms with van der Waals surface area (Å²) >= 11 is 0. The second kappa shape index (κ2) is 5.57. The molecule has 1 aromatic carbocycles. The van der Waals surface area contributed by atoms with Gasteiger partial charge in [-0.2, -0.15) is 0 Å². The molecule has 92 valence electrons. The lowest BCUT2D eigenvalue weighted by Gasteiger charge is -2.13. The summed E-state index contributed by atoms with van der Waals surface area (Å²) < 4.78 is 10.3. The normalized spacial score (nSPS) is 15.6. The van der Waals surface area contributed by atoms with Crippen LogP contribution in [0, 0.1) is 0 Å². The quantitative estimate of drug-likeness (QED) is 0.875. The number of methoxy groups -OCH3 is 1. The number of carbonyl (C=O) groups excluding carboxylic acids is 1. The third kappa shape index (κ3) is 3.37. The van der Waals surface area contributed by atoms with E-state index in [2.05, 4.69) is 10.1 Å². The maximum atomic E-state index is 11.0. The zero-order valence-electron chi connectivity index (χ0n) is 9.94. The number of benzene rings is 1.